The van der Waals surface area contributed by atoms with Crippen molar-refractivity contribution in [3.8, 4) is 5.75 Å². The quantitative estimate of drug-likeness (QED) is 0.682. The van der Waals surface area contributed by atoms with Crippen molar-refractivity contribution in [1.82, 2.24) is 4.98 Å². The Morgan fingerprint density at radius 2 is 1.81 bits per heavy atom. The van der Waals surface area contributed by atoms with Crippen molar-refractivity contribution in [2.24, 2.45) is 0 Å². The van der Waals surface area contributed by atoms with E-state index in [0.29, 0.717) is 0 Å². The van der Waals surface area contributed by atoms with Gasteiger partial charge in [-0.3, -0.25) is 4.79 Å². The molecule has 1 atom stereocenters. The van der Waals surface area contributed by atoms with Crippen LogP contribution in [0.2, 0.25) is 0 Å². The number of methoxy groups -OCH3 is 1. The second kappa shape index (κ2) is 7.45. The third kappa shape index (κ3) is 3.43. The van der Waals surface area contributed by atoms with Crippen molar-refractivity contribution in [3.05, 3.63) is 60.3 Å². The Hall–Kier alpha value is -2.79. The monoisotopic (exact) mass is 364 g/mol. The number of carbonyl (C=O) groups excluding carboxylic acids is 1. The van der Waals surface area contributed by atoms with Crippen molar-refractivity contribution in [2.45, 2.75) is 13.0 Å². The molecule has 3 aromatic rings. The van der Waals surface area contributed by atoms with Gasteiger partial charge >= 0.3 is 0 Å². The van der Waals surface area contributed by atoms with Gasteiger partial charge in [0.05, 0.1) is 33.3 Å². The third-order valence-electron chi connectivity index (χ3n) is 5.70. The number of ketones is 1. The lowest BCUT2D eigenvalue weighted by Crippen LogP contribution is -3.18. The fourth-order valence-corrected chi connectivity index (χ4v) is 3.97. The van der Waals surface area contributed by atoms with Crippen LogP contribution < -0.4 is 14.5 Å². The molecule has 2 heterocycles. The molecule has 1 saturated heterocycles. The fourth-order valence-electron chi connectivity index (χ4n) is 3.97. The topological polar surface area (TPSA) is 49.8 Å². The van der Waals surface area contributed by atoms with Crippen LogP contribution in [0.5, 0.6) is 5.75 Å². The van der Waals surface area contributed by atoms with Gasteiger partial charge in [0.2, 0.25) is 5.78 Å². The second-order valence-corrected chi connectivity index (χ2v) is 7.18. The molecule has 0 radical (unpaired) electrons. The van der Waals surface area contributed by atoms with E-state index in [-0.39, 0.29) is 11.8 Å². The SMILES string of the molecule is COc1ccc(N2CC[NH+]([C@H](C)C(=O)c3c[nH]c4ccccc34)CC2)cc1. The summed E-state index contributed by atoms with van der Waals surface area (Å²) in [7, 11) is 1.68. The number of ether oxygens (including phenoxy) is 1. The van der Waals surface area contributed by atoms with Gasteiger partial charge in [-0.25, -0.2) is 0 Å². The number of quaternary nitrogens is 1. The lowest BCUT2D eigenvalue weighted by molar-refractivity contribution is -0.914. The summed E-state index contributed by atoms with van der Waals surface area (Å²) in [5.41, 5.74) is 3.04. The summed E-state index contributed by atoms with van der Waals surface area (Å²) in [4.78, 5) is 20.0. The molecule has 1 aliphatic rings. The number of anilines is 1. The van der Waals surface area contributed by atoms with E-state index < -0.39 is 0 Å². The molecule has 0 unspecified atom stereocenters. The van der Waals surface area contributed by atoms with E-state index in [0.717, 1.165) is 48.4 Å². The summed E-state index contributed by atoms with van der Waals surface area (Å²) in [6, 6.07) is 16.2. The molecular formula is C22H26N3O2+. The summed E-state index contributed by atoms with van der Waals surface area (Å²) >= 11 is 0. The number of para-hydroxylation sites is 1. The molecule has 140 valence electrons. The largest absolute Gasteiger partial charge is 0.497 e. The molecule has 2 N–H and O–H groups in total. The zero-order chi connectivity index (χ0) is 18.8. The van der Waals surface area contributed by atoms with Crippen molar-refractivity contribution < 1.29 is 14.4 Å². The summed E-state index contributed by atoms with van der Waals surface area (Å²) in [5.74, 6) is 1.10. The van der Waals surface area contributed by atoms with Crippen molar-refractivity contribution in [2.75, 3.05) is 38.2 Å². The van der Waals surface area contributed by atoms with E-state index in [1.54, 1.807) is 7.11 Å². The minimum atomic E-state index is -0.0396. The molecule has 2 aromatic carbocycles. The number of nitrogens with zero attached hydrogens (tertiary/aromatic N) is 1. The molecule has 5 nitrogen and oxygen atoms in total. The highest BCUT2D eigenvalue weighted by Gasteiger charge is 2.31. The van der Waals surface area contributed by atoms with Gasteiger partial charge in [-0.15, -0.1) is 0 Å². The number of carbonyl (C=O) groups is 1. The lowest BCUT2D eigenvalue weighted by Gasteiger charge is -2.36. The van der Waals surface area contributed by atoms with Gasteiger partial charge in [0, 0.05) is 28.4 Å². The summed E-state index contributed by atoms with van der Waals surface area (Å²) in [6.45, 7) is 5.88. The van der Waals surface area contributed by atoms with Gasteiger partial charge < -0.3 is 19.5 Å². The first-order valence-corrected chi connectivity index (χ1v) is 9.51. The maximum absolute atomic E-state index is 13.1. The predicted octanol–water partition coefficient (Wildman–Crippen LogP) is 2.15. The Kier molecular flexibility index (Phi) is 4.86. The molecule has 27 heavy (non-hydrogen) atoms. The molecule has 0 spiro atoms. The van der Waals surface area contributed by atoms with E-state index in [4.69, 9.17) is 4.74 Å². The molecule has 4 rings (SSSR count). The number of H-pyrrole nitrogens is 1. The second-order valence-electron chi connectivity index (χ2n) is 7.18. The van der Waals surface area contributed by atoms with Crippen LogP contribution in [0.25, 0.3) is 10.9 Å². The Morgan fingerprint density at radius 1 is 1.11 bits per heavy atom. The van der Waals surface area contributed by atoms with Gasteiger partial charge in [-0.2, -0.15) is 0 Å². The maximum Gasteiger partial charge on any atom is 0.221 e. The molecule has 0 bridgehead atoms. The number of aromatic amines is 1. The number of piperazine rings is 1. The van der Waals surface area contributed by atoms with Crippen LogP contribution >= 0.6 is 0 Å². The molecule has 0 aliphatic carbocycles. The van der Waals surface area contributed by atoms with Crippen LogP contribution in [0.15, 0.2) is 54.7 Å². The number of benzene rings is 2. The van der Waals surface area contributed by atoms with Crippen LogP contribution in [0, 0.1) is 0 Å². The molecule has 1 aromatic heterocycles. The van der Waals surface area contributed by atoms with Crippen LogP contribution in [-0.2, 0) is 0 Å². The molecule has 1 fully saturated rings. The summed E-state index contributed by atoms with van der Waals surface area (Å²) in [5, 5.41) is 1.02. The first kappa shape index (κ1) is 17.6. The number of Topliss-reactive ketones (excluding diaryl/α,β-unsaturated/α-hetero) is 1. The predicted molar refractivity (Wildman–Crippen MR) is 108 cm³/mol. The number of fused-ring (bicyclic) bond motifs is 1. The highest BCUT2D eigenvalue weighted by molar-refractivity contribution is 6.09. The normalized spacial score (nSPS) is 16.4. The first-order valence-electron chi connectivity index (χ1n) is 9.51. The van der Waals surface area contributed by atoms with Gasteiger partial charge in [-0.1, -0.05) is 18.2 Å². The maximum atomic E-state index is 13.1. The van der Waals surface area contributed by atoms with Crippen molar-refractivity contribution >= 4 is 22.4 Å². The summed E-state index contributed by atoms with van der Waals surface area (Å²) in [6.07, 6.45) is 1.86. The van der Waals surface area contributed by atoms with Crippen LogP contribution in [0.3, 0.4) is 0 Å². The number of rotatable bonds is 5. The minimum absolute atomic E-state index is 0.0396. The molecule has 0 saturated carbocycles. The van der Waals surface area contributed by atoms with Gasteiger partial charge in [0.25, 0.3) is 0 Å². The van der Waals surface area contributed by atoms with Gasteiger partial charge in [0.1, 0.15) is 11.8 Å². The van der Waals surface area contributed by atoms with E-state index in [1.165, 1.54) is 10.6 Å². The average Bonchev–Trinajstić information content (AvgIpc) is 3.17. The molecular weight excluding hydrogens is 338 g/mol. The highest BCUT2D eigenvalue weighted by Crippen LogP contribution is 2.20. The van der Waals surface area contributed by atoms with Gasteiger partial charge in [0.15, 0.2) is 0 Å². The van der Waals surface area contributed by atoms with E-state index >= 15 is 0 Å². The third-order valence-corrected chi connectivity index (χ3v) is 5.70. The average molecular weight is 364 g/mol. The Balaban J connectivity index is 1.42. The number of hydrogen-bond acceptors (Lipinski definition) is 3. The number of aromatic nitrogens is 1. The number of hydrogen-bond donors (Lipinski definition) is 2. The van der Waals surface area contributed by atoms with Gasteiger partial charge in [-0.05, 0) is 37.3 Å². The smallest absolute Gasteiger partial charge is 0.221 e. The number of nitrogens with one attached hydrogen (secondary N) is 2. The fraction of sp³-hybridized carbons (Fsp3) is 0.318. The highest BCUT2D eigenvalue weighted by atomic mass is 16.5. The Labute approximate surface area is 159 Å². The first-order chi connectivity index (χ1) is 13.2. The Bertz CT molecular complexity index is 924. The van der Waals surface area contributed by atoms with Crippen LogP contribution in [0.4, 0.5) is 5.69 Å². The van der Waals surface area contributed by atoms with E-state index in [1.807, 2.05) is 42.6 Å². The van der Waals surface area contributed by atoms with Crippen molar-refractivity contribution in [3.63, 3.8) is 0 Å². The van der Waals surface area contributed by atoms with Crippen LogP contribution in [-0.4, -0.2) is 50.1 Å². The van der Waals surface area contributed by atoms with E-state index in [2.05, 4.69) is 28.9 Å². The standard InChI is InChI=1S/C22H25N3O2/c1-16(22(26)20-15-23-21-6-4-3-5-19(20)21)24-11-13-25(14-12-24)17-7-9-18(27-2)10-8-17/h3-10,15-16,23H,11-14H2,1-2H3/p+1/t16-/m1/s1. The zero-order valence-corrected chi connectivity index (χ0v) is 15.9. The molecule has 1 aliphatic heterocycles. The molecule has 5 heteroatoms. The zero-order valence-electron chi connectivity index (χ0n) is 15.9. The minimum Gasteiger partial charge on any atom is -0.497 e. The van der Waals surface area contributed by atoms with Crippen molar-refractivity contribution in [1.29, 1.82) is 0 Å². The lowest BCUT2D eigenvalue weighted by atomic mass is 10.0. The summed E-state index contributed by atoms with van der Waals surface area (Å²) < 4.78 is 5.23. The van der Waals surface area contributed by atoms with Crippen LogP contribution in [0.1, 0.15) is 17.3 Å². The Morgan fingerprint density at radius 3 is 2.52 bits per heavy atom. The molecule has 0 amide bonds. The van der Waals surface area contributed by atoms with E-state index in [9.17, 15) is 4.79 Å².